The van der Waals surface area contributed by atoms with Crippen molar-refractivity contribution in [1.82, 2.24) is 5.16 Å². The van der Waals surface area contributed by atoms with Crippen LogP contribution in [0.1, 0.15) is 16.8 Å². The molecule has 0 unspecified atom stereocenters. The maximum absolute atomic E-state index is 12.0. The smallest absolute Gasteiger partial charge is 0.250 e. The van der Waals surface area contributed by atoms with Gasteiger partial charge >= 0.3 is 0 Å². The van der Waals surface area contributed by atoms with Crippen LogP contribution >= 0.6 is 0 Å². The van der Waals surface area contributed by atoms with E-state index in [4.69, 9.17) is 13.7 Å². The molecule has 2 heterocycles. The van der Waals surface area contributed by atoms with Crippen LogP contribution < -0.4 is 5.32 Å². The molecular formula is C18H18N2O4. The zero-order chi connectivity index (χ0) is 16.9. The molecular weight excluding hydrogens is 308 g/mol. The second-order valence-corrected chi connectivity index (χ2v) is 5.45. The van der Waals surface area contributed by atoms with E-state index in [1.54, 1.807) is 24.5 Å². The summed E-state index contributed by atoms with van der Waals surface area (Å²) in [6.07, 6.45) is 1.56. The van der Waals surface area contributed by atoms with E-state index in [0.29, 0.717) is 17.2 Å². The van der Waals surface area contributed by atoms with E-state index >= 15 is 0 Å². The van der Waals surface area contributed by atoms with Crippen LogP contribution in [0.5, 0.6) is 0 Å². The summed E-state index contributed by atoms with van der Waals surface area (Å²) >= 11 is 0. The average molecular weight is 326 g/mol. The first kappa shape index (κ1) is 16.0. The second-order valence-electron chi connectivity index (χ2n) is 5.45. The van der Waals surface area contributed by atoms with Crippen LogP contribution in [0.25, 0.3) is 11.5 Å². The number of rotatable bonds is 6. The summed E-state index contributed by atoms with van der Waals surface area (Å²) in [7, 11) is 0. The first-order valence-electron chi connectivity index (χ1n) is 7.57. The van der Waals surface area contributed by atoms with E-state index in [1.807, 2.05) is 32.0 Å². The van der Waals surface area contributed by atoms with E-state index in [0.717, 1.165) is 16.8 Å². The van der Waals surface area contributed by atoms with Crippen LogP contribution in [0.3, 0.4) is 0 Å². The largest absolute Gasteiger partial charge is 0.461 e. The van der Waals surface area contributed by atoms with Crippen LogP contribution in [0, 0.1) is 13.8 Å². The Kier molecular flexibility index (Phi) is 4.77. The summed E-state index contributed by atoms with van der Waals surface area (Å²) in [5.41, 5.74) is 3.57. The normalized spacial score (nSPS) is 10.8. The summed E-state index contributed by atoms with van der Waals surface area (Å²) in [5, 5.41) is 6.73. The lowest BCUT2D eigenvalue weighted by Crippen LogP contribution is -2.19. The lowest BCUT2D eigenvalue weighted by Gasteiger charge is -2.10. The lowest BCUT2D eigenvalue weighted by atomic mass is 10.1. The number of benzene rings is 1. The fourth-order valence-corrected chi connectivity index (χ4v) is 2.24. The molecule has 0 saturated heterocycles. The fraction of sp³-hybridized carbons (Fsp3) is 0.222. The van der Waals surface area contributed by atoms with Crippen molar-refractivity contribution in [1.29, 1.82) is 0 Å². The molecule has 3 aromatic rings. The number of anilines is 1. The Morgan fingerprint density at radius 1 is 1.21 bits per heavy atom. The van der Waals surface area contributed by atoms with Crippen LogP contribution in [0.4, 0.5) is 5.69 Å². The van der Waals surface area contributed by atoms with Crippen molar-refractivity contribution < 1.29 is 18.5 Å². The number of amides is 1. The molecule has 6 heteroatoms. The van der Waals surface area contributed by atoms with Crippen molar-refractivity contribution in [3.05, 3.63) is 59.5 Å². The fourth-order valence-electron chi connectivity index (χ4n) is 2.24. The molecule has 0 atom stereocenters. The Morgan fingerprint density at radius 2 is 2.08 bits per heavy atom. The molecule has 0 aliphatic carbocycles. The highest BCUT2D eigenvalue weighted by Crippen LogP contribution is 2.21. The Bertz CT molecular complexity index is 821. The van der Waals surface area contributed by atoms with Gasteiger partial charge in [0.15, 0.2) is 5.76 Å². The zero-order valence-electron chi connectivity index (χ0n) is 13.5. The standard InChI is InChI=1S/C18H18N2O4/c1-12-5-3-6-15(13(12)2)19-18(21)11-22-10-14-9-17(24-20-14)16-7-4-8-23-16/h3-9H,10-11H2,1-2H3,(H,19,21). The molecule has 0 aliphatic rings. The van der Waals surface area contributed by atoms with Gasteiger partial charge in [-0.05, 0) is 43.2 Å². The highest BCUT2D eigenvalue weighted by atomic mass is 16.5. The molecule has 0 spiro atoms. The third kappa shape index (κ3) is 3.72. The van der Waals surface area contributed by atoms with Gasteiger partial charge in [-0.1, -0.05) is 17.3 Å². The molecule has 1 N–H and O–H groups in total. The maximum Gasteiger partial charge on any atom is 0.250 e. The van der Waals surface area contributed by atoms with Crippen LogP contribution in [0.2, 0.25) is 0 Å². The predicted molar refractivity (Wildman–Crippen MR) is 88.4 cm³/mol. The number of carbonyl (C=O) groups excluding carboxylic acids is 1. The van der Waals surface area contributed by atoms with Crippen LogP contribution in [-0.2, 0) is 16.1 Å². The molecule has 1 aromatic carbocycles. The third-order valence-electron chi connectivity index (χ3n) is 3.68. The second kappa shape index (κ2) is 7.14. The molecule has 3 rings (SSSR count). The number of nitrogens with one attached hydrogen (secondary N) is 1. The van der Waals surface area contributed by atoms with Gasteiger partial charge in [0.1, 0.15) is 12.3 Å². The van der Waals surface area contributed by atoms with Crippen LogP contribution in [-0.4, -0.2) is 17.7 Å². The van der Waals surface area contributed by atoms with Gasteiger partial charge in [-0.25, -0.2) is 0 Å². The van der Waals surface area contributed by atoms with Crippen molar-refractivity contribution in [2.45, 2.75) is 20.5 Å². The quantitative estimate of drug-likeness (QED) is 0.747. The third-order valence-corrected chi connectivity index (χ3v) is 3.68. The Hall–Kier alpha value is -2.86. The number of ether oxygens (including phenoxy) is 1. The number of nitrogens with zero attached hydrogens (tertiary/aromatic N) is 1. The van der Waals surface area contributed by atoms with Gasteiger partial charge in [0.25, 0.3) is 0 Å². The van der Waals surface area contributed by atoms with Gasteiger partial charge in [0, 0.05) is 11.8 Å². The molecule has 124 valence electrons. The maximum atomic E-state index is 12.0. The number of carbonyl (C=O) groups is 1. The van der Waals surface area contributed by atoms with E-state index < -0.39 is 0 Å². The van der Waals surface area contributed by atoms with Gasteiger partial charge in [-0.15, -0.1) is 0 Å². The predicted octanol–water partition coefficient (Wildman–Crippen LogP) is 3.71. The minimum atomic E-state index is -0.210. The minimum absolute atomic E-state index is 0.0592. The monoisotopic (exact) mass is 326 g/mol. The van der Waals surface area contributed by atoms with Gasteiger partial charge in [-0.2, -0.15) is 0 Å². The van der Waals surface area contributed by atoms with Crippen LogP contribution in [0.15, 0.2) is 51.6 Å². The summed E-state index contributed by atoms with van der Waals surface area (Å²) in [6, 6.07) is 11.1. The molecule has 6 nitrogen and oxygen atoms in total. The lowest BCUT2D eigenvalue weighted by molar-refractivity contribution is -0.121. The van der Waals surface area contributed by atoms with E-state index in [2.05, 4.69) is 10.5 Å². The summed E-state index contributed by atoms with van der Waals surface area (Å²) < 4.78 is 15.8. The van der Waals surface area contributed by atoms with Crippen molar-refractivity contribution in [3.63, 3.8) is 0 Å². The molecule has 2 aromatic heterocycles. The van der Waals surface area contributed by atoms with Gasteiger partial charge in [0.05, 0.1) is 12.9 Å². The molecule has 0 saturated carbocycles. The summed E-state index contributed by atoms with van der Waals surface area (Å²) in [4.78, 5) is 12.0. The Balaban J connectivity index is 1.49. The average Bonchev–Trinajstić information content (AvgIpc) is 3.23. The number of hydrogen-bond donors (Lipinski definition) is 1. The first-order valence-corrected chi connectivity index (χ1v) is 7.57. The van der Waals surface area contributed by atoms with Crippen molar-refractivity contribution >= 4 is 11.6 Å². The number of aromatic nitrogens is 1. The van der Waals surface area contributed by atoms with Gasteiger partial charge < -0.3 is 19.0 Å². The minimum Gasteiger partial charge on any atom is -0.461 e. The molecule has 1 amide bonds. The molecule has 24 heavy (non-hydrogen) atoms. The van der Waals surface area contributed by atoms with E-state index in [1.165, 1.54) is 0 Å². The number of aryl methyl sites for hydroxylation is 1. The SMILES string of the molecule is Cc1cccc(NC(=O)COCc2cc(-c3ccco3)on2)c1C. The summed E-state index contributed by atoms with van der Waals surface area (Å²) in [6.45, 7) is 4.10. The highest BCUT2D eigenvalue weighted by Gasteiger charge is 2.10. The Labute approximate surface area is 139 Å². The number of hydrogen-bond acceptors (Lipinski definition) is 5. The zero-order valence-corrected chi connectivity index (χ0v) is 13.5. The molecule has 0 aliphatic heterocycles. The first-order chi connectivity index (χ1) is 11.6. The highest BCUT2D eigenvalue weighted by molar-refractivity contribution is 5.92. The molecule has 0 fully saturated rings. The molecule has 0 bridgehead atoms. The van der Waals surface area contributed by atoms with E-state index in [-0.39, 0.29) is 19.1 Å². The Morgan fingerprint density at radius 3 is 2.88 bits per heavy atom. The molecule has 0 radical (unpaired) electrons. The number of furan rings is 1. The van der Waals surface area contributed by atoms with Crippen molar-refractivity contribution in [3.8, 4) is 11.5 Å². The van der Waals surface area contributed by atoms with Gasteiger partial charge in [-0.3, -0.25) is 4.79 Å². The van der Waals surface area contributed by atoms with E-state index in [9.17, 15) is 4.79 Å². The van der Waals surface area contributed by atoms with Crippen molar-refractivity contribution in [2.75, 3.05) is 11.9 Å². The van der Waals surface area contributed by atoms with Crippen molar-refractivity contribution in [2.24, 2.45) is 0 Å². The summed E-state index contributed by atoms with van der Waals surface area (Å²) in [5.74, 6) is 0.915. The van der Waals surface area contributed by atoms with Gasteiger partial charge in [0.2, 0.25) is 11.7 Å². The topological polar surface area (TPSA) is 77.5 Å².